The van der Waals surface area contributed by atoms with Crippen LogP contribution < -0.4 is 9.47 Å². The zero-order chi connectivity index (χ0) is 26.5. The van der Waals surface area contributed by atoms with E-state index < -0.39 is 0 Å². The maximum absolute atomic E-state index is 6.46. The predicted molar refractivity (Wildman–Crippen MR) is 151 cm³/mol. The molecule has 0 saturated carbocycles. The lowest BCUT2D eigenvalue weighted by molar-refractivity contribution is -0.0560. The fourth-order valence-electron chi connectivity index (χ4n) is 6.56. The first-order valence-corrected chi connectivity index (χ1v) is 13.6. The van der Waals surface area contributed by atoms with Crippen LogP contribution >= 0.6 is 0 Å². The van der Waals surface area contributed by atoms with Gasteiger partial charge in [-0.1, -0.05) is 24.3 Å². The van der Waals surface area contributed by atoms with Crippen molar-refractivity contribution in [1.29, 1.82) is 0 Å². The second kappa shape index (κ2) is 9.36. The van der Waals surface area contributed by atoms with Gasteiger partial charge in [0.15, 0.2) is 0 Å². The van der Waals surface area contributed by atoms with E-state index in [1.807, 2.05) is 0 Å². The van der Waals surface area contributed by atoms with Crippen molar-refractivity contribution in [2.24, 2.45) is 0 Å². The fourth-order valence-corrected chi connectivity index (χ4v) is 6.56. The first-order chi connectivity index (χ1) is 16.6. The Morgan fingerprint density at radius 1 is 0.500 bits per heavy atom. The Morgan fingerprint density at radius 2 is 0.750 bits per heavy atom. The Bertz CT molecular complexity index is 915. The van der Waals surface area contributed by atoms with E-state index in [-0.39, 0.29) is 34.4 Å². The normalized spacial score (nSPS) is 24.4. The minimum absolute atomic E-state index is 0.120. The van der Waals surface area contributed by atoms with Crippen molar-refractivity contribution in [3.8, 4) is 22.6 Å². The summed E-state index contributed by atoms with van der Waals surface area (Å²) in [4.78, 5) is 4.98. The molecule has 4 heteroatoms. The van der Waals surface area contributed by atoms with Gasteiger partial charge in [-0.2, -0.15) is 0 Å². The highest BCUT2D eigenvalue weighted by Crippen LogP contribution is 2.40. The van der Waals surface area contributed by atoms with Crippen LogP contribution in [0, 0.1) is 0 Å². The van der Waals surface area contributed by atoms with Crippen LogP contribution in [0.1, 0.15) is 81.1 Å². The van der Waals surface area contributed by atoms with Crippen molar-refractivity contribution in [2.45, 2.75) is 115 Å². The molecule has 0 bridgehead atoms. The highest BCUT2D eigenvalue weighted by Gasteiger charge is 2.45. The molecule has 0 unspecified atom stereocenters. The monoisotopic (exact) mass is 492 g/mol. The molecule has 0 amide bonds. The van der Waals surface area contributed by atoms with Crippen LogP contribution in [0.25, 0.3) is 11.1 Å². The average molecular weight is 493 g/mol. The molecule has 0 atom stereocenters. The van der Waals surface area contributed by atoms with Crippen LogP contribution in [0.4, 0.5) is 0 Å². The molecular formula is C32H48N2O2. The van der Waals surface area contributed by atoms with E-state index in [1.165, 1.54) is 11.1 Å². The van der Waals surface area contributed by atoms with E-state index in [0.717, 1.165) is 37.2 Å². The number of benzene rings is 2. The van der Waals surface area contributed by atoms with Crippen molar-refractivity contribution < 1.29 is 9.47 Å². The molecule has 36 heavy (non-hydrogen) atoms. The quantitative estimate of drug-likeness (QED) is 0.434. The summed E-state index contributed by atoms with van der Waals surface area (Å²) < 4.78 is 12.9. The topological polar surface area (TPSA) is 24.9 Å². The van der Waals surface area contributed by atoms with Gasteiger partial charge in [0, 0.05) is 47.8 Å². The van der Waals surface area contributed by atoms with E-state index in [9.17, 15) is 0 Å². The van der Waals surface area contributed by atoms with Crippen LogP contribution in [-0.4, -0.2) is 58.3 Å². The largest absolute Gasteiger partial charge is 0.490 e. The highest BCUT2D eigenvalue weighted by atomic mass is 16.5. The Morgan fingerprint density at radius 3 is 1.00 bits per heavy atom. The number of nitrogens with zero attached hydrogens (tertiary/aromatic N) is 2. The third-order valence-corrected chi connectivity index (χ3v) is 9.19. The van der Waals surface area contributed by atoms with Crippen LogP contribution in [0.5, 0.6) is 11.5 Å². The molecule has 2 fully saturated rings. The number of hydrogen-bond donors (Lipinski definition) is 0. The average Bonchev–Trinajstić information content (AvgIpc) is 2.76. The van der Waals surface area contributed by atoms with Crippen LogP contribution in [0.15, 0.2) is 48.5 Å². The molecule has 2 aliphatic rings. The molecule has 4 rings (SSSR count). The Balaban J connectivity index is 1.39. The van der Waals surface area contributed by atoms with Crippen LogP contribution in [0.2, 0.25) is 0 Å². The third-order valence-electron chi connectivity index (χ3n) is 9.19. The Labute approximate surface area is 220 Å². The van der Waals surface area contributed by atoms with E-state index in [1.54, 1.807) is 0 Å². The number of hydrogen-bond acceptors (Lipinski definition) is 4. The van der Waals surface area contributed by atoms with Crippen molar-refractivity contribution in [3.63, 3.8) is 0 Å². The van der Waals surface area contributed by atoms with Crippen molar-refractivity contribution >= 4 is 0 Å². The molecule has 0 aromatic heterocycles. The first-order valence-electron chi connectivity index (χ1n) is 13.6. The van der Waals surface area contributed by atoms with Gasteiger partial charge in [-0.05, 0) is 105 Å². The van der Waals surface area contributed by atoms with Crippen molar-refractivity contribution in [1.82, 2.24) is 9.80 Å². The standard InChI is InChI=1S/C32H48N2O2/c1-29(2)19-27(20-30(3,4)33(29)9)35-25-15-11-23(12-16-25)24-13-17-26(18-14-24)36-28-21-31(5,6)34(10)32(7,8)22-28/h11-18,27-28H,19-22H2,1-10H3. The molecule has 4 nitrogen and oxygen atoms in total. The summed E-state index contributed by atoms with van der Waals surface area (Å²) in [5.74, 6) is 1.90. The van der Waals surface area contributed by atoms with Crippen molar-refractivity contribution in [3.05, 3.63) is 48.5 Å². The lowest BCUT2D eigenvalue weighted by atomic mass is 9.78. The molecular weight excluding hydrogens is 444 g/mol. The van der Waals surface area contributed by atoms with Crippen molar-refractivity contribution in [2.75, 3.05) is 14.1 Å². The molecule has 2 aliphatic heterocycles. The van der Waals surface area contributed by atoms with Gasteiger partial charge in [-0.3, -0.25) is 9.80 Å². The Hall–Kier alpha value is -2.04. The molecule has 2 heterocycles. The summed E-state index contributed by atoms with van der Waals surface area (Å²) in [6.45, 7) is 18.5. The van der Waals surface area contributed by atoms with Gasteiger partial charge in [0.2, 0.25) is 0 Å². The smallest absolute Gasteiger partial charge is 0.119 e. The molecule has 0 radical (unpaired) electrons. The maximum atomic E-state index is 6.46. The van der Waals surface area contributed by atoms with Crippen LogP contribution in [0.3, 0.4) is 0 Å². The highest BCUT2D eigenvalue weighted by molar-refractivity contribution is 5.64. The molecule has 2 saturated heterocycles. The summed E-state index contributed by atoms with van der Waals surface area (Å²) in [7, 11) is 4.47. The number of ether oxygens (including phenoxy) is 2. The molecule has 2 aromatic carbocycles. The van der Waals surface area contributed by atoms with Gasteiger partial charge in [-0.25, -0.2) is 0 Å². The van der Waals surface area contributed by atoms with Gasteiger partial charge >= 0.3 is 0 Å². The minimum atomic E-state index is 0.120. The number of piperidine rings is 2. The van der Waals surface area contributed by atoms with Gasteiger partial charge in [0.1, 0.15) is 23.7 Å². The zero-order valence-electron chi connectivity index (χ0n) is 24.3. The fraction of sp³-hybridized carbons (Fsp3) is 0.625. The summed E-state index contributed by atoms with van der Waals surface area (Å²) >= 11 is 0. The second-order valence-corrected chi connectivity index (χ2v) is 13.7. The summed E-state index contributed by atoms with van der Waals surface area (Å²) in [5, 5.41) is 0. The predicted octanol–water partition coefficient (Wildman–Crippen LogP) is 7.41. The van der Waals surface area contributed by atoms with Gasteiger partial charge < -0.3 is 9.47 Å². The Kier molecular flexibility index (Phi) is 7.03. The van der Waals surface area contributed by atoms with Gasteiger partial charge in [0.25, 0.3) is 0 Å². The SMILES string of the molecule is CN1C(C)(C)CC(Oc2ccc(-c3ccc(OC4CC(C)(C)N(C)C(C)(C)C4)cc3)cc2)CC1(C)C. The molecule has 198 valence electrons. The summed E-state index contributed by atoms with van der Waals surface area (Å²) in [5.41, 5.74) is 2.87. The van der Waals surface area contributed by atoms with E-state index in [4.69, 9.17) is 9.47 Å². The molecule has 0 aliphatic carbocycles. The minimum Gasteiger partial charge on any atom is -0.490 e. The summed E-state index contributed by atoms with van der Waals surface area (Å²) in [6.07, 6.45) is 4.57. The number of likely N-dealkylation sites (tertiary alicyclic amines) is 2. The molecule has 0 N–H and O–H groups in total. The first kappa shape index (κ1) is 27.0. The lowest BCUT2D eigenvalue weighted by Crippen LogP contribution is -2.60. The van der Waals surface area contributed by atoms with E-state index in [0.29, 0.717) is 0 Å². The number of rotatable bonds is 5. The van der Waals surface area contributed by atoms with E-state index in [2.05, 4.69) is 128 Å². The van der Waals surface area contributed by atoms with Gasteiger partial charge in [0.05, 0.1) is 0 Å². The molecule has 0 spiro atoms. The lowest BCUT2D eigenvalue weighted by Gasteiger charge is -2.53. The van der Waals surface area contributed by atoms with Gasteiger partial charge in [-0.15, -0.1) is 0 Å². The van der Waals surface area contributed by atoms with E-state index >= 15 is 0 Å². The second-order valence-electron chi connectivity index (χ2n) is 13.7. The maximum Gasteiger partial charge on any atom is 0.119 e. The summed E-state index contributed by atoms with van der Waals surface area (Å²) in [6, 6.07) is 17.1. The molecule has 2 aromatic rings. The zero-order valence-corrected chi connectivity index (χ0v) is 24.3. The third kappa shape index (κ3) is 5.60. The van der Waals surface area contributed by atoms with Crippen LogP contribution in [-0.2, 0) is 0 Å².